The van der Waals surface area contributed by atoms with E-state index in [1.165, 1.54) is 0 Å². The van der Waals surface area contributed by atoms with Crippen molar-refractivity contribution >= 4 is 23.2 Å². The first-order valence-electron chi connectivity index (χ1n) is 9.07. The summed E-state index contributed by atoms with van der Waals surface area (Å²) < 4.78 is 6.49. The Morgan fingerprint density at radius 2 is 1.85 bits per heavy atom. The van der Waals surface area contributed by atoms with Crippen LogP contribution in [0.4, 0.5) is 5.69 Å². The zero-order valence-corrected chi connectivity index (χ0v) is 16.5. The minimum atomic E-state index is -0.790. The molecule has 1 fully saturated rings. The van der Waals surface area contributed by atoms with Crippen molar-refractivity contribution in [2.75, 3.05) is 25.0 Å². The van der Waals surface area contributed by atoms with Crippen LogP contribution in [-0.4, -0.2) is 37.0 Å². The maximum Gasteiger partial charge on any atom is 0.241 e. The second kappa shape index (κ2) is 7.39. The number of carbonyl (C=O) groups excluding carboxylic acids is 1. The second-order valence-electron chi connectivity index (χ2n) is 6.43. The molecule has 4 rings (SSSR count). The Labute approximate surface area is 160 Å². The molecule has 0 bridgehead atoms. The van der Waals surface area contributed by atoms with Crippen LogP contribution < -0.4 is 4.90 Å². The van der Waals surface area contributed by atoms with E-state index < -0.39 is 5.72 Å². The van der Waals surface area contributed by atoms with Crippen molar-refractivity contribution < 1.29 is 9.53 Å². The topological polar surface area (TPSA) is 32.8 Å². The van der Waals surface area contributed by atoms with Gasteiger partial charge in [0.15, 0.2) is 5.72 Å². The van der Waals surface area contributed by atoms with Gasteiger partial charge in [0.25, 0.3) is 0 Å². The summed E-state index contributed by atoms with van der Waals surface area (Å²) in [4.78, 5) is 16.5. The molecule has 2 aromatic rings. The summed E-state index contributed by atoms with van der Waals surface area (Å²) in [5.74, 6) is 0.0501. The maximum absolute atomic E-state index is 12.7. The van der Waals surface area contributed by atoms with Crippen LogP contribution in [0.25, 0.3) is 0 Å². The second-order valence-corrected chi connectivity index (χ2v) is 6.87. The van der Waals surface area contributed by atoms with E-state index in [1.54, 1.807) is 11.9 Å². The molecular weight excluding hydrogens is 348 g/mol. The third-order valence-electron chi connectivity index (χ3n) is 4.84. The molecule has 2 aromatic carbocycles. The van der Waals surface area contributed by atoms with Crippen LogP contribution in [0.15, 0.2) is 48.5 Å². The van der Waals surface area contributed by atoms with Gasteiger partial charge in [-0.05, 0) is 25.1 Å². The molecule has 2 unspecified atom stereocenters. The van der Waals surface area contributed by atoms with Crippen molar-refractivity contribution in [3.8, 4) is 0 Å². The largest absolute Gasteiger partial charge is 0.347 e. The Bertz CT molecular complexity index is 796. The molecule has 5 heteroatoms. The standard InChI is InChI=1S/C19H19ClN2O2.C2H6/c1-13-11-22-12-18(23)21(2)17-9-8-15(20)10-16(17)19(22,24-13)14-6-4-3-5-7-14;1-2/h3-10,13H,11-12H2,1-2H3;1-2H3. The van der Waals surface area contributed by atoms with Gasteiger partial charge in [-0.3, -0.25) is 9.69 Å². The molecule has 0 radical (unpaired) electrons. The van der Waals surface area contributed by atoms with Crippen molar-refractivity contribution in [3.05, 3.63) is 64.7 Å². The number of amides is 1. The van der Waals surface area contributed by atoms with E-state index in [1.807, 2.05) is 69.3 Å². The third kappa shape index (κ3) is 2.92. The molecule has 4 nitrogen and oxygen atoms in total. The Balaban J connectivity index is 0.000000948. The van der Waals surface area contributed by atoms with Crippen molar-refractivity contribution in [2.24, 2.45) is 0 Å². The molecular formula is C21H25ClN2O2. The van der Waals surface area contributed by atoms with E-state index >= 15 is 0 Å². The fourth-order valence-corrected chi connectivity index (χ4v) is 3.97. The van der Waals surface area contributed by atoms with Crippen LogP contribution in [-0.2, 0) is 15.3 Å². The van der Waals surface area contributed by atoms with Gasteiger partial charge < -0.3 is 9.64 Å². The van der Waals surface area contributed by atoms with Gasteiger partial charge in [-0.15, -0.1) is 0 Å². The summed E-state index contributed by atoms with van der Waals surface area (Å²) in [6, 6.07) is 15.7. The number of hydrogen-bond acceptors (Lipinski definition) is 3. The zero-order chi connectivity index (χ0) is 18.9. The van der Waals surface area contributed by atoms with Crippen LogP contribution in [0.5, 0.6) is 0 Å². The lowest BCUT2D eigenvalue weighted by molar-refractivity contribution is -0.123. The van der Waals surface area contributed by atoms with Gasteiger partial charge in [0.1, 0.15) is 0 Å². The number of benzene rings is 2. The Morgan fingerprint density at radius 3 is 2.54 bits per heavy atom. The lowest BCUT2D eigenvalue weighted by Gasteiger charge is -2.37. The van der Waals surface area contributed by atoms with Crippen molar-refractivity contribution in [1.29, 1.82) is 0 Å². The summed E-state index contributed by atoms with van der Waals surface area (Å²) in [6.07, 6.45) is 0.0215. The summed E-state index contributed by atoms with van der Waals surface area (Å²) >= 11 is 6.31. The third-order valence-corrected chi connectivity index (χ3v) is 5.08. The average Bonchev–Trinajstić information content (AvgIpc) is 2.96. The fraction of sp³-hybridized carbons (Fsp3) is 0.381. The minimum absolute atomic E-state index is 0.0215. The summed E-state index contributed by atoms with van der Waals surface area (Å²) in [6.45, 7) is 7.04. The number of rotatable bonds is 1. The molecule has 138 valence electrons. The smallest absolute Gasteiger partial charge is 0.241 e. The first-order valence-corrected chi connectivity index (χ1v) is 9.45. The van der Waals surface area contributed by atoms with E-state index in [0.717, 1.165) is 16.8 Å². The van der Waals surface area contributed by atoms with E-state index in [0.29, 0.717) is 18.1 Å². The number of hydrogen-bond donors (Lipinski definition) is 0. The lowest BCUT2D eigenvalue weighted by atomic mass is 9.92. The maximum atomic E-state index is 12.7. The Morgan fingerprint density at radius 1 is 1.15 bits per heavy atom. The number of nitrogens with zero attached hydrogens (tertiary/aromatic N) is 2. The van der Waals surface area contributed by atoms with Gasteiger partial charge in [0, 0.05) is 29.7 Å². The van der Waals surface area contributed by atoms with Gasteiger partial charge in [0.2, 0.25) is 5.91 Å². The molecule has 1 saturated heterocycles. The van der Waals surface area contributed by atoms with Gasteiger partial charge in [0.05, 0.1) is 18.3 Å². The number of halogens is 1. The lowest BCUT2D eigenvalue weighted by Crippen LogP contribution is -2.45. The first-order chi connectivity index (χ1) is 12.5. The number of likely N-dealkylation sites (N-methyl/N-ethyl adjacent to an activating group) is 1. The summed E-state index contributed by atoms with van der Waals surface area (Å²) in [5, 5.41) is 0.634. The van der Waals surface area contributed by atoms with E-state index in [4.69, 9.17) is 16.3 Å². The Kier molecular flexibility index (Phi) is 5.37. The predicted molar refractivity (Wildman–Crippen MR) is 106 cm³/mol. The molecule has 0 spiro atoms. The van der Waals surface area contributed by atoms with Gasteiger partial charge in [-0.25, -0.2) is 0 Å². The molecule has 2 aliphatic heterocycles. The zero-order valence-electron chi connectivity index (χ0n) is 15.7. The molecule has 2 aliphatic rings. The Hall–Kier alpha value is -1.88. The molecule has 1 amide bonds. The van der Waals surface area contributed by atoms with Gasteiger partial charge in [-0.1, -0.05) is 55.8 Å². The van der Waals surface area contributed by atoms with Crippen LogP contribution >= 0.6 is 11.6 Å². The SMILES string of the molecule is CC.CC1CN2CC(=O)N(C)c3ccc(Cl)cc3C2(c2ccccc2)O1. The predicted octanol–water partition coefficient (Wildman–Crippen LogP) is 4.26. The number of ether oxygens (including phenoxy) is 1. The highest BCUT2D eigenvalue weighted by Gasteiger charge is 2.52. The molecule has 0 aliphatic carbocycles. The molecule has 0 N–H and O–H groups in total. The number of carbonyl (C=O) groups is 1. The van der Waals surface area contributed by atoms with Gasteiger partial charge >= 0.3 is 0 Å². The van der Waals surface area contributed by atoms with E-state index in [2.05, 4.69) is 4.90 Å². The van der Waals surface area contributed by atoms with E-state index in [9.17, 15) is 4.79 Å². The summed E-state index contributed by atoms with van der Waals surface area (Å²) in [7, 11) is 1.80. The van der Waals surface area contributed by atoms with Crippen LogP contribution in [0.3, 0.4) is 0 Å². The van der Waals surface area contributed by atoms with Crippen molar-refractivity contribution in [1.82, 2.24) is 4.90 Å². The first kappa shape index (κ1) is 18.9. The molecule has 0 saturated carbocycles. The molecule has 26 heavy (non-hydrogen) atoms. The van der Waals surface area contributed by atoms with Crippen LogP contribution in [0, 0.1) is 0 Å². The number of fused-ring (bicyclic) bond motifs is 3. The molecule has 2 atom stereocenters. The van der Waals surface area contributed by atoms with Crippen LogP contribution in [0.1, 0.15) is 31.9 Å². The normalized spacial score (nSPS) is 25.0. The quantitative estimate of drug-likeness (QED) is 0.749. The number of anilines is 1. The van der Waals surface area contributed by atoms with E-state index in [-0.39, 0.29) is 12.0 Å². The molecule has 2 heterocycles. The average molecular weight is 373 g/mol. The van der Waals surface area contributed by atoms with Crippen molar-refractivity contribution in [2.45, 2.75) is 32.6 Å². The van der Waals surface area contributed by atoms with Gasteiger partial charge in [-0.2, -0.15) is 0 Å². The fourth-order valence-electron chi connectivity index (χ4n) is 3.80. The van der Waals surface area contributed by atoms with Crippen LogP contribution in [0.2, 0.25) is 5.02 Å². The minimum Gasteiger partial charge on any atom is -0.347 e. The monoisotopic (exact) mass is 372 g/mol. The highest BCUT2D eigenvalue weighted by atomic mass is 35.5. The molecule has 0 aromatic heterocycles. The highest BCUT2D eigenvalue weighted by Crippen LogP contribution is 2.48. The highest BCUT2D eigenvalue weighted by molar-refractivity contribution is 6.30. The van der Waals surface area contributed by atoms with Crippen molar-refractivity contribution in [3.63, 3.8) is 0 Å². The summed E-state index contributed by atoms with van der Waals surface area (Å²) in [5.41, 5.74) is 1.98.